The maximum Gasteiger partial charge on any atom is 1.00 e. The number of benzene rings is 4. The van der Waals surface area contributed by atoms with E-state index in [9.17, 15) is 39.6 Å². The fraction of sp³-hybridized carbons (Fsp3) is 0.500. The molecule has 4 aromatic carbocycles. The van der Waals surface area contributed by atoms with Crippen molar-refractivity contribution in [1.29, 1.82) is 0 Å². The quantitative estimate of drug-likeness (QED) is 0.0352. The fourth-order valence-corrected chi connectivity index (χ4v) is 9.07. The second-order valence-corrected chi connectivity index (χ2v) is 18.1. The molecule has 0 saturated heterocycles. The average Bonchev–Trinajstić information content (AvgIpc) is 3.29. The first-order chi connectivity index (χ1) is 32.4. The van der Waals surface area contributed by atoms with Crippen LogP contribution < -0.4 is 153 Å². The van der Waals surface area contributed by atoms with Gasteiger partial charge in [0.05, 0.1) is 43.7 Å². The minimum absolute atomic E-state index is 0. The molecule has 5 rings (SSSR count). The molecule has 0 N–H and O–H groups in total. The Morgan fingerprint density at radius 3 is 0.817 bits per heavy atom. The number of carbonyl (C=O) groups excluding carboxylic acids is 4. The van der Waals surface area contributed by atoms with Crippen molar-refractivity contribution < 1.29 is 172 Å². The molecule has 0 unspecified atom stereocenters. The number of carbonyl (C=O) groups is 4. The maximum absolute atomic E-state index is 12.9. The molecule has 15 heteroatoms. The van der Waals surface area contributed by atoms with E-state index >= 15 is 0 Å². The fourth-order valence-electron chi connectivity index (χ4n) is 9.07. The first kappa shape index (κ1) is 67.2. The van der Waals surface area contributed by atoms with Crippen molar-refractivity contribution in [1.82, 2.24) is 0 Å². The van der Waals surface area contributed by atoms with E-state index in [1.807, 2.05) is 6.07 Å². The van der Waals surface area contributed by atoms with Gasteiger partial charge in [0.25, 0.3) is 0 Å². The Labute approximate surface area is 510 Å². The second-order valence-electron chi connectivity index (χ2n) is 18.1. The Kier molecular flexibility index (Phi) is 34.2. The molecule has 1 aliphatic carbocycles. The third-order valence-corrected chi connectivity index (χ3v) is 12.5. The summed E-state index contributed by atoms with van der Waals surface area (Å²) < 4.78 is 19.9. The van der Waals surface area contributed by atoms with E-state index in [1.165, 1.54) is 48.5 Å². The van der Waals surface area contributed by atoms with Crippen LogP contribution in [0, 0.1) is 0 Å². The van der Waals surface area contributed by atoms with Gasteiger partial charge in [0.2, 0.25) is 0 Å². The van der Waals surface area contributed by atoms with Gasteiger partial charge in [-0.1, -0.05) is 123 Å². The number of rotatable bonds is 28. The molecule has 0 aromatic heterocycles. The van der Waals surface area contributed by atoms with E-state index in [4.69, 9.17) is 14.2 Å². The number of carboxylic acids is 4. The molecule has 0 spiro atoms. The molecule has 0 amide bonds. The normalized spacial score (nSPS) is 11.4. The molecule has 0 aliphatic heterocycles. The van der Waals surface area contributed by atoms with E-state index in [1.54, 1.807) is 0 Å². The van der Waals surface area contributed by atoms with Crippen molar-refractivity contribution in [3.05, 3.63) is 121 Å². The molecule has 11 nitrogen and oxygen atoms in total. The van der Waals surface area contributed by atoms with Crippen molar-refractivity contribution in [2.24, 2.45) is 0 Å². The third-order valence-electron chi connectivity index (χ3n) is 12.5. The molecule has 0 saturated carbocycles. The molecule has 362 valence electrons. The Morgan fingerprint density at radius 1 is 0.338 bits per heavy atom. The van der Waals surface area contributed by atoms with Gasteiger partial charge in [-0.3, -0.25) is 0 Å². The molecule has 0 heterocycles. The summed E-state index contributed by atoms with van der Waals surface area (Å²) in [7, 11) is 0. The molecule has 71 heavy (non-hydrogen) atoms. The van der Waals surface area contributed by atoms with E-state index in [-0.39, 0.29) is 166 Å². The van der Waals surface area contributed by atoms with Crippen molar-refractivity contribution in [2.45, 2.75) is 162 Å². The van der Waals surface area contributed by atoms with Crippen LogP contribution in [-0.4, -0.2) is 43.7 Å². The molecule has 0 fully saturated rings. The van der Waals surface area contributed by atoms with Gasteiger partial charge in [0, 0.05) is 25.7 Å². The van der Waals surface area contributed by atoms with Gasteiger partial charge >= 0.3 is 118 Å². The van der Waals surface area contributed by atoms with Crippen LogP contribution in [0.4, 0.5) is 0 Å². The van der Waals surface area contributed by atoms with Crippen LogP contribution >= 0.6 is 0 Å². The van der Waals surface area contributed by atoms with Gasteiger partial charge in [-0.05, 0) is 135 Å². The number of unbranched alkanes of at least 4 members (excludes halogenated alkanes) is 15. The first-order valence-electron chi connectivity index (χ1n) is 24.8. The van der Waals surface area contributed by atoms with Gasteiger partial charge in [0.15, 0.2) is 0 Å². The number of fused-ring (bicyclic) bond motifs is 8. The van der Waals surface area contributed by atoms with Gasteiger partial charge in [0.1, 0.15) is 17.2 Å². The summed E-state index contributed by atoms with van der Waals surface area (Å²) in [6, 6.07) is 13.7. The molecular weight excluding hydrogens is 941 g/mol. The molecular formula is C56H68Na4O11. The smallest absolute Gasteiger partial charge is 0.545 e. The zero-order chi connectivity index (χ0) is 48.1. The van der Waals surface area contributed by atoms with Crippen molar-refractivity contribution in [3.63, 3.8) is 0 Å². The first-order valence-corrected chi connectivity index (χ1v) is 24.8. The van der Waals surface area contributed by atoms with Gasteiger partial charge in [-0.25, -0.2) is 0 Å². The van der Waals surface area contributed by atoms with Crippen LogP contribution in [0.2, 0.25) is 0 Å². The van der Waals surface area contributed by atoms with E-state index in [0.29, 0.717) is 81.6 Å². The summed E-state index contributed by atoms with van der Waals surface area (Å²) in [4.78, 5) is 50.9. The van der Waals surface area contributed by atoms with Gasteiger partial charge in [-0.2, -0.15) is 0 Å². The van der Waals surface area contributed by atoms with Crippen molar-refractivity contribution in [3.8, 4) is 17.2 Å². The summed E-state index contributed by atoms with van der Waals surface area (Å²) in [5.41, 5.74) is 3.23. The second kappa shape index (κ2) is 36.2. The third kappa shape index (κ3) is 21.7. The topological polar surface area (TPSA) is 188 Å². The Balaban J connectivity index is 0.00000630. The van der Waals surface area contributed by atoms with Crippen LogP contribution in [0.1, 0.15) is 222 Å². The molecule has 8 bridgehead atoms. The van der Waals surface area contributed by atoms with E-state index < -0.39 is 23.9 Å². The number of ether oxygens (including phenoxy) is 3. The van der Waals surface area contributed by atoms with Crippen LogP contribution in [0.25, 0.3) is 0 Å². The standard InChI is InChI=1S/C56H72O11.4Na/c1-4-7-10-13-16-19-22-65-50-40-26-38-25-39(29-46(28-38)53(57)58)27-41-33-48(55(61)62)35-43(51(41)66-23-20-17-14-11-8-5-2)31-45-37-49(56(63)64)36-44(30-42(50)34-47(32-40)54(59)60)52(45)67-24-21-18-15-12-9-6-3;;;;/h25,28-29,32-37H,4-24,26-27,30-31H2,1-3H3,(H,57,58)(H,59,60)(H,61,62)(H,63,64);;;;/q;4*+1/p-4. The molecule has 4 aromatic rings. The molecule has 0 radical (unpaired) electrons. The summed E-state index contributed by atoms with van der Waals surface area (Å²) in [6.45, 7) is 7.43. The largest absolute Gasteiger partial charge is 1.00 e. The molecule has 0 atom stereocenters. The van der Waals surface area contributed by atoms with E-state index in [2.05, 4.69) is 20.8 Å². The Hall–Kier alpha value is -1.84. The van der Waals surface area contributed by atoms with Gasteiger partial charge < -0.3 is 53.8 Å². The van der Waals surface area contributed by atoms with E-state index in [0.717, 1.165) is 116 Å². The number of hydrogen-bond donors (Lipinski definition) is 0. The Bertz CT molecular complexity index is 2180. The zero-order valence-corrected chi connectivity index (χ0v) is 51.9. The monoisotopic (exact) mass is 1010 g/mol. The summed E-state index contributed by atoms with van der Waals surface area (Å²) in [6.07, 6.45) is 18.2. The summed E-state index contributed by atoms with van der Waals surface area (Å²) >= 11 is 0. The van der Waals surface area contributed by atoms with Crippen LogP contribution in [-0.2, 0) is 25.7 Å². The minimum Gasteiger partial charge on any atom is -0.545 e. The SMILES string of the molecule is CCCCCCCCOc1c2cc(C(=O)[O-])cc1Cc1cc(C(=O)[O-])cc(c1OCCCCCCCC)Cc1cc(C(=O)[O-])cc(c1OCCCCCCCC)Cc1cc(cc(C(=O)[O-])c1)C2.[Na+].[Na+].[Na+].[Na+]. The number of carboxylic acid groups (broad SMARTS) is 4. The number of aromatic carboxylic acids is 4. The van der Waals surface area contributed by atoms with Gasteiger partial charge in [-0.15, -0.1) is 0 Å². The predicted octanol–water partition coefficient (Wildman–Crippen LogP) is -3.95. The average molecular weight is 1010 g/mol. The van der Waals surface area contributed by atoms with Crippen LogP contribution in [0.15, 0.2) is 54.6 Å². The summed E-state index contributed by atoms with van der Waals surface area (Å²) in [5, 5.41) is 50.9. The minimum atomic E-state index is -1.44. The van der Waals surface area contributed by atoms with Crippen molar-refractivity contribution >= 4 is 23.9 Å². The Morgan fingerprint density at radius 2 is 0.563 bits per heavy atom. The van der Waals surface area contributed by atoms with Crippen molar-refractivity contribution in [2.75, 3.05) is 19.8 Å². The predicted molar refractivity (Wildman–Crippen MR) is 251 cm³/mol. The summed E-state index contributed by atoms with van der Waals surface area (Å²) in [5.74, 6) is -4.51. The number of hydrogen-bond acceptors (Lipinski definition) is 11. The zero-order valence-electron chi connectivity index (χ0n) is 43.9. The van der Waals surface area contributed by atoms with Crippen LogP contribution in [0.3, 0.4) is 0 Å². The molecule has 1 aliphatic rings. The maximum atomic E-state index is 12.9. The van der Waals surface area contributed by atoms with Crippen LogP contribution in [0.5, 0.6) is 17.2 Å².